The Balaban J connectivity index is 1.75. The summed E-state index contributed by atoms with van der Waals surface area (Å²) in [5.41, 5.74) is 1.47. The van der Waals surface area contributed by atoms with E-state index in [0.29, 0.717) is 10.7 Å². The molecule has 1 heterocycles. The summed E-state index contributed by atoms with van der Waals surface area (Å²) in [7, 11) is -3.92. The molecule has 3 rings (SSSR count). The number of amides is 1. The lowest BCUT2D eigenvalue weighted by Crippen LogP contribution is -2.14. The second kappa shape index (κ2) is 7.85. The predicted molar refractivity (Wildman–Crippen MR) is 109 cm³/mol. The number of halogens is 2. The summed E-state index contributed by atoms with van der Waals surface area (Å²) >= 11 is 13.1. The molecule has 1 amide bonds. The molecule has 10 heteroatoms. The first kappa shape index (κ1) is 19.6. The quantitative estimate of drug-likeness (QED) is 0.594. The molecule has 0 fully saturated rings. The number of anilines is 2. The Kier molecular flexibility index (Phi) is 5.71. The number of benzene rings is 2. The zero-order chi connectivity index (χ0) is 19.6. The summed E-state index contributed by atoms with van der Waals surface area (Å²) in [6, 6.07) is 10.2. The normalized spacial score (nSPS) is 11.2. The van der Waals surface area contributed by atoms with Crippen molar-refractivity contribution in [1.82, 2.24) is 4.98 Å². The Labute approximate surface area is 170 Å². The van der Waals surface area contributed by atoms with Crippen LogP contribution in [0.3, 0.4) is 0 Å². The Hall–Kier alpha value is -2.13. The van der Waals surface area contributed by atoms with E-state index in [4.69, 9.17) is 23.2 Å². The van der Waals surface area contributed by atoms with Crippen LogP contribution in [0, 0.1) is 6.92 Å². The molecule has 2 N–H and O–H groups in total. The van der Waals surface area contributed by atoms with Gasteiger partial charge < -0.3 is 0 Å². The van der Waals surface area contributed by atoms with Gasteiger partial charge in [-0.25, -0.2) is 13.4 Å². The highest BCUT2D eigenvalue weighted by Crippen LogP contribution is 2.27. The molecule has 6 nitrogen and oxygen atoms in total. The minimum atomic E-state index is -3.92. The molecular formula is C17H13Cl2N3O3S2. The predicted octanol–water partition coefficient (Wildman–Crippen LogP) is 4.81. The van der Waals surface area contributed by atoms with Crippen molar-refractivity contribution in [3.05, 3.63) is 69.1 Å². The number of aryl methyl sites for hydroxylation is 1. The zero-order valence-electron chi connectivity index (χ0n) is 13.9. The fourth-order valence-corrected chi connectivity index (χ4v) is 4.67. The average Bonchev–Trinajstić information content (AvgIpc) is 3.02. The van der Waals surface area contributed by atoms with E-state index < -0.39 is 10.0 Å². The van der Waals surface area contributed by atoms with Gasteiger partial charge in [0.1, 0.15) is 4.90 Å². The first-order valence-electron chi connectivity index (χ1n) is 7.56. The van der Waals surface area contributed by atoms with Crippen LogP contribution in [0.2, 0.25) is 10.0 Å². The fourth-order valence-electron chi connectivity index (χ4n) is 2.16. The van der Waals surface area contributed by atoms with Crippen molar-refractivity contribution < 1.29 is 13.2 Å². The van der Waals surface area contributed by atoms with Gasteiger partial charge in [0.2, 0.25) is 0 Å². The van der Waals surface area contributed by atoms with Gasteiger partial charge in [-0.05, 0) is 49.4 Å². The van der Waals surface area contributed by atoms with Gasteiger partial charge >= 0.3 is 0 Å². The fraction of sp³-hybridized carbons (Fsp3) is 0.0588. The molecule has 0 saturated carbocycles. The molecule has 0 bridgehead atoms. The summed E-state index contributed by atoms with van der Waals surface area (Å²) in [5, 5.41) is 5.32. The second-order valence-corrected chi connectivity index (χ2v) is 8.86. The summed E-state index contributed by atoms with van der Waals surface area (Å²) in [5.74, 6) is -0.336. The van der Waals surface area contributed by atoms with Crippen molar-refractivity contribution in [3.8, 4) is 0 Å². The van der Waals surface area contributed by atoms with Crippen LogP contribution < -0.4 is 10.0 Å². The molecule has 3 aromatic rings. The van der Waals surface area contributed by atoms with E-state index in [0.717, 1.165) is 5.69 Å². The van der Waals surface area contributed by atoms with Crippen molar-refractivity contribution in [2.45, 2.75) is 11.8 Å². The summed E-state index contributed by atoms with van der Waals surface area (Å²) in [4.78, 5) is 16.2. The van der Waals surface area contributed by atoms with Gasteiger partial charge in [-0.3, -0.25) is 14.8 Å². The lowest BCUT2D eigenvalue weighted by atomic mass is 10.2. The maximum absolute atomic E-state index is 12.5. The number of carbonyl (C=O) groups is 1. The summed E-state index contributed by atoms with van der Waals surface area (Å²) < 4.78 is 27.4. The van der Waals surface area contributed by atoms with E-state index in [1.54, 1.807) is 0 Å². The van der Waals surface area contributed by atoms with Crippen LogP contribution in [-0.4, -0.2) is 19.3 Å². The molecule has 0 atom stereocenters. The Bertz CT molecular complexity index is 1100. The Morgan fingerprint density at radius 2 is 1.81 bits per heavy atom. The lowest BCUT2D eigenvalue weighted by molar-refractivity contribution is 0.102. The first-order chi connectivity index (χ1) is 12.7. The van der Waals surface area contributed by atoms with Crippen LogP contribution in [0.4, 0.5) is 10.8 Å². The molecule has 2 aromatic carbocycles. The van der Waals surface area contributed by atoms with Gasteiger partial charge in [-0.1, -0.05) is 23.2 Å². The monoisotopic (exact) mass is 441 g/mol. The van der Waals surface area contributed by atoms with Crippen molar-refractivity contribution in [1.29, 1.82) is 0 Å². The average molecular weight is 442 g/mol. The number of nitrogens with one attached hydrogen (secondary N) is 2. The van der Waals surface area contributed by atoms with Crippen LogP contribution in [0.5, 0.6) is 0 Å². The number of hydrogen-bond acceptors (Lipinski definition) is 5. The van der Waals surface area contributed by atoms with E-state index in [1.165, 1.54) is 53.8 Å². The number of sulfonamides is 1. The van der Waals surface area contributed by atoms with Gasteiger partial charge in [-0.2, -0.15) is 0 Å². The van der Waals surface area contributed by atoms with Gasteiger partial charge in [0.25, 0.3) is 15.9 Å². The number of rotatable bonds is 5. The SMILES string of the molecule is Cc1csc(NC(=O)c2ccc(NS(=O)(=O)c3cc(Cl)ccc3Cl)cc2)n1. The summed E-state index contributed by atoms with van der Waals surface area (Å²) in [6.07, 6.45) is 0. The maximum Gasteiger partial charge on any atom is 0.263 e. The number of carbonyl (C=O) groups excluding carboxylic acids is 1. The van der Waals surface area contributed by atoms with E-state index in [2.05, 4.69) is 15.0 Å². The molecule has 140 valence electrons. The molecule has 0 spiro atoms. The third-order valence-corrected chi connectivity index (χ3v) is 6.40. The van der Waals surface area contributed by atoms with Crippen LogP contribution in [-0.2, 0) is 10.0 Å². The van der Waals surface area contributed by atoms with Crippen molar-refractivity contribution >= 4 is 61.3 Å². The maximum atomic E-state index is 12.5. The molecular weight excluding hydrogens is 429 g/mol. The van der Waals surface area contributed by atoms with Crippen LogP contribution in [0.1, 0.15) is 16.1 Å². The number of thiazole rings is 1. The molecule has 0 saturated heterocycles. The molecule has 0 aliphatic rings. The van der Waals surface area contributed by atoms with Gasteiger partial charge in [0.15, 0.2) is 5.13 Å². The molecule has 0 radical (unpaired) electrons. The standard InChI is InChI=1S/C17H13Cl2N3O3S2/c1-10-9-26-17(20-10)21-16(23)11-2-5-13(6-3-11)22-27(24,25)15-8-12(18)4-7-14(15)19/h2-9,22H,1H3,(H,20,21,23). The second-order valence-electron chi connectivity index (χ2n) is 5.51. The molecule has 1 aromatic heterocycles. The van der Waals surface area contributed by atoms with E-state index in [-0.39, 0.29) is 26.5 Å². The number of aromatic nitrogens is 1. The van der Waals surface area contributed by atoms with Crippen molar-refractivity contribution in [2.75, 3.05) is 10.0 Å². The van der Waals surface area contributed by atoms with Gasteiger partial charge in [0, 0.05) is 21.7 Å². The Morgan fingerprint density at radius 3 is 2.44 bits per heavy atom. The van der Waals surface area contributed by atoms with E-state index in [1.807, 2.05) is 12.3 Å². The summed E-state index contributed by atoms with van der Waals surface area (Å²) in [6.45, 7) is 1.83. The largest absolute Gasteiger partial charge is 0.298 e. The third-order valence-electron chi connectivity index (χ3n) is 3.42. The highest BCUT2D eigenvalue weighted by molar-refractivity contribution is 7.92. The van der Waals surface area contributed by atoms with Crippen LogP contribution in [0.25, 0.3) is 0 Å². The van der Waals surface area contributed by atoms with E-state index in [9.17, 15) is 13.2 Å². The lowest BCUT2D eigenvalue weighted by Gasteiger charge is -2.10. The van der Waals surface area contributed by atoms with E-state index >= 15 is 0 Å². The molecule has 0 aliphatic carbocycles. The molecule has 27 heavy (non-hydrogen) atoms. The third kappa shape index (κ3) is 4.78. The van der Waals surface area contributed by atoms with Crippen LogP contribution in [0.15, 0.2) is 52.7 Å². The van der Waals surface area contributed by atoms with Gasteiger partial charge in [0.05, 0.1) is 10.7 Å². The zero-order valence-corrected chi connectivity index (χ0v) is 17.0. The minimum Gasteiger partial charge on any atom is -0.298 e. The van der Waals surface area contributed by atoms with Gasteiger partial charge in [-0.15, -0.1) is 11.3 Å². The molecule has 0 aliphatic heterocycles. The number of nitrogens with zero attached hydrogens (tertiary/aromatic N) is 1. The topological polar surface area (TPSA) is 88.2 Å². The first-order valence-corrected chi connectivity index (χ1v) is 10.7. The smallest absolute Gasteiger partial charge is 0.263 e. The Morgan fingerprint density at radius 1 is 1.11 bits per heavy atom. The van der Waals surface area contributed by atoms with Crippen LogP contribution >= 0.6 is 34.5 Å². The molecule has 0 unspecified atom stereocenters. The van der Waals surface area contributed by atoms with Crippen molar-refractivity contribution in [2.24, 2.45) is 0 Å². The highest BCUT2D eigenvalue weighted by atomic mass is 35.5. The highest BCUT2D eigenvalue weighted by Gasteiger charge is 2.19. The minimum absolute atomic E-state index is 0.0571. The van der Waals surface area contributed by atoms with Crippen molar-refractivity contribution in [3.63, 3.8) is 0 Å². The number of hydrogen-bond donors (Lipinski definition) is 2.